The molecule has 0 saturated carbocycles. The molecule has 3 N–H and O–H groups in total. The van der Waals surface area contributed by atoms with Crippen LogP contribution in [0.5, 0.6) is 0 Å². The fourth-order valence-corrected chi connectivity index (χ4v) is 3.86. The summed E-state index contributed by atoms with van der Waals surface area (Å²) in [6.07, 6.45) is 1.83. The van der Waals surface area contributed by atoms with E-state index in [0.717, 1.165) is 23.3 Å². The van der Waals surface area contributed by atoms with Crippen LogP contribution in [0.1, 0.15) is 30.2 Å². The highest BCUT2D eigenvalue weighted by atomic mass is 32.2. The number of nitrogens with two attached hydrogens (primary N) is 1. The van der Waals surface area contributed by atoms with Gasteiger partial charge in [-0.05, 0) is 25.0 Å². The van der Waals surface area contributed by atoms with E-state index < -0.39 is 10.0 Å². The Morgan fingerprint density at radius 3 is 2.69 bits per heavy atom. The fraction of sp³-hybridized carbons (Fsp3) is 0.600. The van der Waals surface area contributed by atoms with Crippen LogP contribution in [0.3, 0.4) is 0 Å². The Kier molecular flexibility index (Phi) is 4.91. The molecule has 92 valence electrons. The lowest BCUT2D eigenvalue weighted by Gasteiger charge is -2.02. The minimum Gasteiger partial charge on any atom is -0.326 e. The summed E-state index contributed by atoms with van der Waals surface area (Å²) in [5.41, 5.74) is 6.47. The van der Waals surface area contributed by atoms with E-state index in [0.29, 0.717) is 17.3 Å². The molecule has 1 aromatic rings. The van der Waals surface area contributed by atoms with Crippen molar-refractivity contribution in [1.82, 2.24) is 4.72 Å². The average molecular weight is 262 g/mol. The Morgan fingerprint density at radius 2 is 2.19 bits per heavy atom. The molecule has 1 heterocycles. The number of nitrogens with one attached hydrogen (secondary N) is 1. The first-order valence-corrected chi connectivity index (χ1v) is 7.60. The topological polar surface area (TPSA) is 72.2 Å². The first kappa shape index (κ1) is 13.6. The standard InChI is InChI=1S/C10H18N2O2S2/c1-3-4-5-12-16(13,14)10-6-8(2)9(7-11)15-10/h6,12H,3-5,7,11H2,1-2H3. The van der Waals surface area contributed by atoms with Crippen LogP contribution in [0, 0.1) is 6.92 Å². The van der Waals surface area contributed by atoms with Crippen molar-refractivity contribution in [2.75, 3.05) is 6.54 Å². The van der Waals surface area contributed by atoms with Crippen molar-refractivity contribution in [3.05, 3.63) is 16.5 Å². The zero-order chi connectivity index (χ0) is 12.2. The molecule has 1 aromatic heterocycles. The van der Waals surface area contributed by atoms with Crippen LogP contribution in [0.4, 0.5) is 0 Å². The summed E-state index contributed by atoms with van der Waals surface area (Å²) in [5.74, 6) is 0. The lowest BCUT2D eigenvalue weighted by molar-refractivity contribution is 0.580. The maximum atomic E-state index is 11.8. The first-order chi connectivity index (χ1) is 7.51. The van der Waals surface area contributed by atoms with Gasteiger partial charge in [0.1, 0.15) is 4.21 Å². The number of rotatable bonds is 6. The lowest BCUT2D eigenvalue weighted by atomic mass is 10.3. The zero-order valence-electron chi connectivity index (χ0n) is 9.62. The smallest absolute Gasteiger partial charge is 0.250 e. The van der Waals surface area contributed by atoms with Gasteiger partial charge >= 0.3 is 0 Å². The van der Waals surface area contributed by atoms with E-state index >= 15 is 0 Å². The minimum atomic E-state index is -3.33. The molecule has 0 aliphatic rings. The molecule has 0 amide bonds. The summed E-state index contributed by atoms with van der Waals surface area (Å²) >= 11 is 1.25. The highest BCUT2D eigenvalue weighted by Gasteiger charge is 2.17. The Labute approximate surface area is 101 Å². The Hall–Kier alpha value is -0.430. The van der Waals surface area contributed by atoms with Crippen molar-refractivity contribution >= 4 is 21.4 Å². The fourth-order valence-electron chi connectivity index (χ4n) is 1.28. The van der Waals surface area contributed by atoms with E-state index in [1.165, 1.54) is 11.3 Å². The molecule has 16 heavy (non-hydrogen) atoms. The highest BCUT2D eigenvalue weighted by molar-refractivity contribution is 7.91. The van der Waals surface area contributed by atoms with E-state index in [1.54, 1.807) is 6.07 Å². The van der Waals surface area contributed by atoms with Crippen molar-refractivity contribution in [1.29, 1.82) is 0 Å². The summed E-state index contributed by atoms with van der Waals surface area (Å²) in [6.45, 7) is 4.79. The summed E-state index contributed by atoms with van der Waals surface area (Å²) in [5, 5.41) is 0. The van der Waals surface area contributed by atoms with Gasteiger partial charge in [0.2, 0.25) is 10.0 Å². The van der Waals surface area contributed by atoms with E-state index in [9.17, 15) is 8.42 Å². The van der Waals surface area contributed by atoms with Gasteiger partial charge in [-0.2, -0.15) is 0 Å². The molecule has 0 unspecified atom stereocenters. The molecule has 0 atom stereocenters. The molecule has 0 spiro atoms. The van der Waals surface area contributed by atoms with Gasteiger partial charge in [-0.1, -0.05) is 13.3 Å². The van der Waals surface area contributed by atoms with Crippen LogP contribution < -0.4 is 10.5 Å². The number of hydrogen-bond acceptors (Lipinski definition) is 4. The van der Waals surface area contributed by atoms with Crippen molar-refractivity contribution in [2.45, 2.75) is 37.4 Å². The number of sulfonamides is 1. The van der Waals surface area contributed by atoms with Gasteiger partial charge in [0.25, 0.3) is 0 Å². The molecule has 0 radical (unpaired) electrons. The normalized spacial score (nSPS) is 11.9. The maximum Gasteiger partial charge on any atom is 0.250 e. The molecule has 0 saturated heterocycles. The summed E-state index contributed by atoms with van der Waals surface area (Å²) < 4.78 is 26.6. The zero-order valence-corrected chi connectivity index (χ0v) is 11.2. The molecular weight excluding hydrogens is 244 g/mol. The minimum absolute atomic E-state index is 0.363. The highest BCUT2D eigenvalue weighted by Crippen LogP contribution is 2.25. The van der Waals surface area contributed by atoms with Gasteiger partial charge in [0, 0.05) is 18.0 Å². The second-order valence-corrected chi connectivity index (χ2v) is 6.76. The molecule has 0 aromatic carbocycles. The second-order valence-electron chi connectivity index (χ2n) is 3.63. The number of aryl methyl sites for hydroxylation is 1. The Morgan fingerprint density at radius 1 is 1.50 bits per heavy atom. The summed E-state index contributed by atoms with van der Waals surface area (Å²) in [4.78, 5) is 0.927. The van der Waals surface area contributed by atoms with Crippen molar-refractivity contribution < 1.29 is 8.42 Å². The number of unbranched alkanes of at least 4 members (excludes halogenated alkanes) is 1. The van der Waals surface area contributed by atoms with Crippen molar-refractivity contribution in [2.24, 2.45) is 5.73 Å². The van der Waals surface area contributed by atoms with Gasteiger partial charge in [-0.25, -0.2) is 13.1 Å². The van der Waals surface area contributed by atoms with Crippen LogP contribution in [0.25, 0.3) is 0 Å². The van der Waals surface area contributed by atoms with Gasteiger partial charge in [0.05, 0.1) is 0 Å². The third-order valence-corrected chi connectivity index (χ3v) is 5.46. The number of hydrogen-bond donors (Lipinski definition) is 2. The summed E-state index contributed by atoms with van der Waals surface area (Å²) in [7, 11) is -3.33. The van der Waals surface area contributed by atoms with Gasteiger partial charge in [0.15, 0.2) is 0 Å². The molecule has 0 aliphatic heterocycles. The van der Waals surface area contributed by atoms with Crippen LogP contribution in [0.15, 0.2) is 10.3 Å². The quantitative estimate of drug-likeness (QED) is 0.765. The number of thiophene rings is 1. The summed E-state index contributed by atoms with van der Waals surface area (Å²) in [6, 6.07) is 1.68. The van der Waals surface area contributed by atoms with E-state index in [-0.39, 0.29) is 0 Å². The first-order valence-electron chi connectivity index (χ1n) is 5.30. The maximum absolute atomic E-state index is 11.8. The Balaban J connectivity index is 2.81. The monoisotopic (exact) mass is 262 g/mol. The molecule has 0 bridgehead atoms. The average Bonchev–Trinajstić information content (AvgIpc) is 2.60. The molecule has 0 aliphatic carbocycles. The van der Waals surface area contributed by atoms with Gasteiger partial charge < -0.3 is 5.73 Å². The Bertz CT molecular complexity index is 438. The van der Waals surface area contributed by atoms with Crippen molar-refractivity contribution in [3.8, 4) is 0 Å². The van der Waals surface area contributed by atoms with Gasteiger partial charge in [-0.3, -0.25) is 0 Å². The second kappa shape index (κ2) is 5.77. The third-order valence-electron chi connectivity index (χ3n) is 2.27. The van der Waals surface area contributed by atoms with E-state index in [1.807, 2.05) is 13.8 Å². The molecule has 0 fully saturated rings. The molecule has 1 rings (SSSR count). The van der Waals surface area contributed by atoms with Crippen molar-refractivity contribution in [3.63, 3.8) is 0 Å². The van der Waals surface area contributed by atoms with Crippen LogP contribution in [-0.2, 0) is 16.6 Å². The molecule has 4 nitrogen and oxygen atoms in total. The molecular formula is C10H18N2O2S2. The van der Waals surface area contributed by atoms with Gasteiger partial charge in [-0.15, -0.1) is 11.3 Å². The lowest BCUT2D eigenvalue weighted by Crippen LogP contribution is -2.23. The molecule has 6 heteroatoms. The third kappa shape index (κ3) is 3.28. The SMILES string of the molecule is CCCCNS(=O)(=O)c1cc(C)c(CN)s1. The van der Waals surface area contributed by atoms with E-state index in [2.05, 4.69) is 4.72 Å². The van der Waals surface area contributed by atoms with Crippen LogP contribution in [-0.4, -0.2) is 15.0 Å². The predicted octanol–water partition coefficient (Wildman–Crippen LogP) is 1.59. The largest absolute Gasteiger partial charge is 0.326 e. The van der Waals surface area contributed by atoms with E-state index in [4.69, 9.17) is 5.73 Å². The van der Waals surface area contributed by atoms with Crippen LogP contribution >= 0.6 is 11.3 Å². The predicted molar refractivity (Wildman–Crippen MR) is 67.0 cm³/mol. The van der Waals surface area contributed by atoms with Crippen LogP contribution in [0.2, 0.25) is 0 Å².